The van der Waals surface area contributed by atoms with Gasteiger partial charge >= 0.3 is 6.03 Å². The number of carbonyl (C=O) groups is 1. The number of halogens is 1. The smallest absolute Gasteiger partial charge is 0.319 e. The molecule has 5 nitrogen and oxygen atoms in total. The molecular formula is C17H19ClN2O3. The molecule has 2 aromatic rings. The third-order valence-corrected chi connectivity index (χ3v) is 3.28. The summed E-state index contributed by atoms with van der Waals surface area (Å²) in [5, 5.41) is 5.43. The number of benzene rings is 2. The van der Waals surface area contributed by atoms with Crippen molar-refractivity contribution in [1.82, 2.24) is 5.32 Å². The third kappa shape index (κ3) is 5.71. The molecule has 0 radical (unpaired) electrons. The molecule has 2 rings (SSSR count). The van der Waals surface area contributed by atoms with Crippen LogP contribution in [0.5, 0.6) is 11.5 Å². The van der Waals surface area contributed by atoms with Crippen molar-refractivity contribution in [2.75, 3.05) is 17.7 Å². The Morgan fingerprint density at radius 2 is 1.96 bits per heavy atom. The van der Waals surface area contributed by atoms with Crippen LogP contribution in [-0.4, -0.2) is 18.5 Å². The topological polar surface area (TPSA) is 59.6 Å². The fourth-order valence-corrected chi connectivity index (χ4v) is 1.95. The molecule has 23 heavy (non-hydrogen) atoms. The molecule has 0 heterocycles. The van der Waals surface area contributed by atoms with E-state index >= 15 is 0 Å². The van der Waals surface area contributed by atoms with Crippen LogP contribution in [0.15, 0.2) is 48.5 Å². The minimum absolute atomic E-state index is 0.285. The van der Waals surface area contributed by atoms with E-state index in [0.29, 0.717) is 29.6 Å². The third-order valence-electron chi connectivity index (χ3n) is 3.01. The molecule has 0 unspecified atom stereocenters. The second kappa shape index (κ2) is 8.90. The number of hydrogen-bond acceptors (Lipinski definition) is 3. The van der Waals surface area contributed by atoms with Crippen molar-refractivity contribution in [3.63, 3.8) is 0 Å². The minimum atomic E-state index is -0.285. The largest absolute Gasteiger partial charge is 0.338 e. The lowest BCUT2D eigenvalue weighted by molar-refractivity contribution is -0.100. The van der Waals surface area contributed by atoms with Gasteiger partial charge in [-0.25, -0.2) is 4.79 Å². The van der Waals surface area contributed by atoms with Gasteiger partial charge in [0.2, 0.25) is 0 Å². The molecule has 2 N–H and O–H groups in total. The number of para-hydroxylation sites is 1. The number of alkyl halides is 1. The van der Waals surface area contributed by atoms with Gasteiger partial charge in [0.05, 0.1) is 0 Å². The summed E-state index contributed by atoms with van der Waals surface area (Å²) in [6, 6.07) is 14.2. The standard InChI is InChI=1S/C17H19ClN2O3/c1-13-6-2-3-9-16(13)23-22-15-8-4-7-14(12-15)20-17(21)19-11-5-10-18/h2-4,6-9,12H,5,10-11H2,1H3,(H2,19,20,21). The van der Waals surface area contributed by atoms with E-state index in [9.17, 15) is 4.79 Å². The van der Waals surface area contributed by atoms with E-state index < -0.39 is 0 Å². The lowest BCUT2D eigenvalue weighted by atomic mass is 10.2. The van der Waals surface area contributed by atoms with Crippen LogP contribution < -0.4 is 20.4 Å². The summed E-state index contributed by atoms with van der Waals surface area (Å²) in [6.45, 7) is 2.46. The van der Waals surface area contributed by atoms with E-state index in [-0.39, 0.29) is 6.03 Å². The fraction of sp³-hybridized carbons (Fsp3) is 0.235. The molecular weight excluding hydrogens is 316 g/mol. The molecule has 0 bridgehead atoms. The zero-order chi connectivity index (χ0) is 16.5. The lowest BCUT2D eigenvalue weighted by Crippen LogP contribution is -2.29. The molecule has 0 aliphatic carbocycles. The number of nitrogens with one attached hydrogen (secondary N) is 2. The number of rotatable bonds is 7. The predicted octanol–water partition coefficient (Wildman–Crippen LogP) is 4.12. The number of amides is 2. The summed E-state index contributed by atoms with van der Waals surface area (Å²) < 4.78 is 0. The molecule has 0 spiro atoms. The van der Waals surface area contributed by atoms with Crippen LogP contribution >= 0.6 is 11.6 Å². The molecule has 6 heteroatoms. The molecule has 2 aromatic carbocycles. The van der Waals surface area contributed by atoms with Crippen molar-refractivity contribution < 1.29 is 14.6 Å². The minimum Gasteiger partial charge on any atom is -0.338 e. The van der Waals surface area contributed by atoms with Crippen molar-refractivity contribution >= 4 is 23.3 Å². The molecule has 0 aliphatic rings. The van der Waals surface area contributed by atoms with Crippen molar-refractivity contribution in [3.8, 4) is 11.5 Å². The molecule has 0 saturated carbocycles. The van der Waals surface area contributed by atoms with Crippen LogP contribution in [0.1, 0.15) is 12.0 Å². The van der Waals surface area contributed by atoms with Crippen LogP contribution in [0, 0.1) is 6.92 Å². The number of hydrogen-bond donors (Lipinski definition) is 2. The van der Waals surface area contributed by atoms with Gasteiger partial charge in [0.15, 0.2) is 11.5 Å². The molecule has 0 aliphatic heterocycles. The molecule has 0 fully saturated rings. The predicted molar refractivity (Wildman–Crippen MR) is 91.2 cm³/mol. The highest BCUT2D eigenvalue weighted by molar-refractivity contribution is 6.17. The summed E-state index contributed by atoms with van der Waals surface area (Å²) in [4.78, 5) is 22.3. The van der Waals surface area contributed by atoms with E-state index in [4.69, 9.17) is 21.4 Å². The molecule has 0 atom stereocenters. The number of aryl methyl sites for hydroxylation is 1. The summed E-state index contributed by atoms with van der Waals surface area (Å²) in [6.07, 6.45) is 0.725. The molecule has 0 aromatic heterocycles. The van der Waals surface area contributed by atoms with E-state index in [1.165, 1.54) is 0 Å². The number of urea groups is 1. The maximum atomic E-state index is 11.7. The monoisotopic (exact) mass is 334 g/mol. The van der Waals surface area contributed by atoms with Gasteiger partial charge in [-0.15, -0.1) is 11.6 Å². The maximum Gasteiger partial charge on any atom is 0.319 e. The highest BCUT2D eigenvalue weighted by Crippen LogP contribution is 2.21. The van der Waals surface area contributed by atoms with Gasteiger partial charge < -0.3 is 10.6 Å². The zero-order valence-corrected chi connectivity index (χ0v) is 13.6. The van der Waals surface area contributed by atoms with Crippen LogP contribution in [0.3, 0.4) is 0 Å². The summed E-state index contributed by atoms with van der Waals surface area (Å²) in [5.74, 6) is 1.65. The Bertz CT molecular complexity index is 649. The quantitative estimate of drug-likeness (QED) is 0.346. The summed E-state index contributed by atoms with van der Waals surface area (Å²) in [7, 11) is 0. The second-order valence-corrected chi connectivity index (χ2v) is 5.26. The van der Waals surface area contributed by atoms with Crippen LogP contribution in [0.4, 0.5) is 10.5 Å². The highest BCUT2D eigenvalue weighted by Gasteiger charge is 2.04. The molecule has 0 saturated heterocycles. The van der Waals surface area contributed by atoms with Crippen molar-refractivity contribution in [2.24, 2.45) is 0 Å². The normalized spacial score (nSPS) is 10.0. The first kappa shape index (κ1) is 17.0. The van der Waals surface area contributed by atoms with Gasteiger partial charge in [-0.2, -0.15) is 0 Å². The number of anilines is 1. The highest BCUT2D eigenvalue weighted by atomic mass is 35.5. The van der Waals surface area contributed by atoms with Gasteiger partial charge in [-0.05, 0) is 37.1 Å². The SMILES string of the molecule is Cc1ccccc1OOc1cccc(NC(=O)NCCCCl)c1. The van der Waals surface area contributed by atoms with Gasteiger partial charge in [0, 0.05) is 24.2 Å². The van der Waals surface area contributed by atoms with Crippen LogP contribution in [0.2, 0.25) is 0 Å². The Morgan fingerprint density at radius 3 is 2.74 bits per heavy atom. The van der Waals surface area contributed by atoms with Gasteiger partial charge in [0.1, 0.15) is 0 Å². The summed E-state index contributed by atoms with van der Waals surface area (Å²) in [5.41, 5.74) is 1.58. The van der Waals surface area contributed by atoms with Crippen molar-refractivity contribution in [3.05, 3.63) is 54.1 Å². The Balaban J connectivity index is 1.89. The maximum absolute atomic E-state index is 11.7. The fourth-order valence-electron chi connectivity index (χ4n) is 1.81. The Kier molecular flexibility index (Phi) is 6.56. The van der Waals surface area contributed by atoms with Crippen molar-refractivity contribution in [2.45, 2.75) is 13.3 Å². The molecule has 122 valence electrons. The summed E-state index contributed by atoms with van der Waals surface area (Å²) >= 11 is 5.56. The first-order chi connectivity index (χ1) is 11.2. The lowest BCUT2D eigenvalue weighted by Gasteiger charge is -2.10. The second-order valence-electron chi connectivity index (χ2n) is 4.88. The first-order valence-corrected chi connectivity index (χ1v) is 7.83. The van der Waals surface area contributed by atoms with Gasteiger partial charge in [-0.1, -0.05) is 24.3 Å². The van der Waals surface area contributed by atoms with Crippen molar-refractivity contribution in [1.29, 1.82) is 0 Å². The van der Waals surface area contributed by atoms with Crippen LogP contribution in [0.25, 0.3) is 0 Å². The Labute approximate surface area is 140 Å². The zero-order valence-electron chi connectivity index (χ0n) is 12.8. The Hall–Kier alpha value is -2.40. The van der Waals surface area contributed by atoms with E-state index in [1.54, 1.807) is 24.3 Å². The number of carbonyl (C=O) groups excluding carboxylic acids is 1. The average Bonchev–Trinajstić information content (AvgIpc) is 2.55. The van der Waals surface area contributed by atoms with Gasteiger partial charge in [0.25, 0.3) is 0 Å². The van der Waals surface area contributed by atoms with E-state index in [0.717, 1.165) is 12.0 Å². The van der Waals surface area contributed by atoms with E-state index in [1.807, 2.05) is 31.2 Å². The molecule has 2 amide bonds. The Morgan fingerprint density at radius 1 is 1.13 bits per heavy atom. The van der Waals surface area contributed by atoms with E-state index in [2.05, 4.69) is 10.6 Å². The average molecular weight is 335 g/mol. The first-order valence-electron chi connectivity index (χ1n) is 7.30. The van der Waals surface area contributed by atoms with Gasteiger partial charge in [-0.3, -0.25) is 9.78 Å². The van der Waals surface area contributed by atoms with Crippen LogP contribution in [-0.2, 0) is 0 Å².